The molecule has 0 aliphatic carbocycles. The summed E-state index contributed by atoms with van der Waals surface area (Å²) in [6.45, 7) is 2.83. The highest BCUT2D eigenvalue weighted by Crippen LogP contribution is 2.26. The van der Waals surface area contributed by atoms with E-state index in [0.29, 0.717) is 12.4 Å². The number of nitrogens with zero attached hydrogens (tertiary/aromatic N) is 3. The number of ether oxygens (including phenoxy) is 1. The Morgan fingerprint density at radius 1 is 1.26 bits per heavy atom. The summed E-state index contributed by atoms with van der Waals surface area (Å²) in [6.07, 6.45) is 7.02. The summed E-state index contributed by atoms with van der Waals surface area (Å²) in [5.41, 5.74) is 1.80. The maximum atomic E-state index is 12.1. The van der Waals surface area contributed by atoms with E-state index in [4.69, 9.17) is 4.74 Å². The summed E-state index contributed by atoms with van der Waals surface area (Å²) in [4.78, 5) is 16.7. The van der Waals surface area contributed by atoms with Crippen molar-refractivity contribution in [3.8, 4) is 11.4 Å². The minimum Gasteiger partial charge on any atom is -0.444 e. The van der Waals surface area contributed by atoms with Crippen molar-refractivity contribution < 1.29 is 9.53 Å². The third-order valence-corrected chi connectivity index (χ3v) is 4.12. The largest absolute Gasteiger partial charge is 0.444 e. The van der Waals surface area contributed by atoms with Crippen molar-refractivity contribution in [3.63, 3.8) is 0 Å². The molecule has 0 saturated carbocycles. The first kappa shape index (κ1) is 15.5. The number of nitrogens with one attached hydrogen (secondary N) is 1. The molecule has 0 spiro atoms. The van der Waals surface area contributed by atoms with Gasteiger partial charge in [-0.2, -0.15) is 0 Å². The molecule has 1 N–H and O–H groups in total. The van der Waals surface area contributed by atoms with Gasteiger partial charge >= 0.3 is 6.09 Å². The lowest BCUT2D eigenvalue weighted by Crippen LogP contribution is -2.24. The van der Waals surface area contributed by atoms with Crippen molar-refractivity contribution in [1.82, 2.24) is 15.2 Å². The Labute approximate surface area is 135 Å². The van der Waals surface area contributed by atoms with E-state index in [1.807, 2.05) is 24.3 Å². The molecule has 1 aliphatic rings. The van der Waals surface area contributed by atoms with E-state index >= 15 is 0 Å². The Morgan fingerprint density at radius 3 is 2.78 bits per heavy atom. The second-order valence-electron chi connectivity index (χ2n) is 5.85. The Morgan fingerprint density at radius 2 is 2.09 bits per heavy atom. The summed E-state index contributed by atoms with van der Waals surface area (Å²) in [5.74, 6) is 0.717. The summed E-state index contributed by atoms with van der Waals surface area (Å²) in [5, 5.41) is 7.75. The van der Waals surface area contributed by atoms with Crippen LogP contribution < -0.4 is 4.90 Å². The van der Waals surface area contributed by atoms with Gasteiger partial charge in [-0.05, 0) is 37.1 Å². The summed E-state index contributed by atoms with van der Waals surface area (Å²) in [7, 11) is 0. The van der Waals surface area contributed by atoms with Crippen LogP contribution in [0.4, 0.5) is 10.5 Å². The smallest absolute Gasteiger partial charge is 0.414 e. The molecule has 1 unspecified atom stereocenters. The normalized spacial score (nSPS) is 17.5. The number of aromatic nitrogens is 3. The van der Waals surface area contributed by atoms with Crippen molar-refractivity contribution in [2.24, 2.45) is 0 Å². The quantitative estimate of drug-likeness (QED) is 0.790. The fourth-order valence-corrected chi connectivity index (χ4v) is 2.83. The van der Waals surface area contributed by atoms with Crippen LogP contribution >= 0.6 is 0 Å². The molecule has 1 saturated heterocycles. The second-order valence-corrected chi connectivity index (χ2v) is 5.85. The van der Waals surface area contributed by atoms with Crippen LogP contribution in [0.2, 0.25) is 0 Å². The number of carbonyl (C=O) groups excluding carboxylic acids is 1. The molecule has 1 atom stereocenters. The lowest BCUT2D eigenvalue weighted by Gasteiger charge is -2.13. The average molecular weight is 314 g/mol. The number of hydrogen-bond donors (Lipinski definition) is 1. The molecule has 0 radical (unpaired) electrons. The summed E-state index contributed by atoms with van der Waals surface area (Å²) in [6, 6.07) is 7.69. The molecule has 122 valence electrons. The van der Waals surface area contributed by atoms with E-state index in [-0.39, 0.29) is 12.2 Å². The number of aromatic amines is 1. The highest BCUT2D eigenvalue weighted by molar-refractivity contribution is 5.90. The van der Waals surface area contributed by atoms with Crippen LogP contribution in [0.5, 0.6) is 0 Å². The molecule has 3 rings (SSSR count). The molecule has 0 bridgehead atoms. The van der Waals surface area contributed by atoms with Gasteiger partial charge in [-0.15, -0.1) is 10.2 Å². The van der Waals surface area contributed by atoms with E-state index in [9.17, 15) is 4.79 Å². The number of unbranched alkanes of at least 4 members (excludes halogenated alkanes) is 3. The minimum atomic E-state index is -0.252. The highest BCUT2D eigenvalue weighted by Gasteiger charge is 2.31. The number of benzene rings is 1. The van der Waals surface area contributed by atoms with Gasteiger partial charge in [-0.3, -0.25) is 4.90 Å². The van der Waals surface area contributed by atoms with Crippen LogP contribution in [0, 0.1) is 0 Å². The van der Waals surface area contributed by atoms with E-state index in [1.54, 1.807) is 11.2 Å². The first-order valence-corrected chi connectivity index (χ1v) is 8.22. The molecular formula is C17H22N4O2. The lowest BCUT2D eigenvalue weighted by molar-refractivity contribution is 0.135. The third kappa shape index (κ3) is 3.70. The van der Waals surface area contributed by atoms with Gasteiger partial charge in [-0.1, -0.05) is 26.2 Å². The van der Waals surface area contributed by atoms with Gasteiger partial charge in [-0.25, -0.2) is 4.79 Å². The topological polar surface area (TPSA) is 71.1 Å². The predicted molar refractivity (Wildman–Crippen MR) is 88.2 cm³/mol. The van der Waals surface area contributed by atoms with Gasteiger partial charge in [0.2, 0.25) is 0 Å². The molecule has 2 aromatic rings. The van der Waals surface area contributed by atoms with E-state index < -0.39 is 0 Å². The number of H-pyrrole nitrogens is 1. The molecular weight excluding hydrogens is 292 g/mol. The molecule has 1 aromatic heterocycles. The standard InChI is InChI=1S/C17H22N4O2/c1-2-3-4-5-6-15-11-21(17(22)23-15)14-9-7-13(8-10-14)16-18-12-19-20-16/h7-10,12,15H,2-6,11H2,1H3,(H,18,19,20). The SMILES string of the molecule is CCCCCCC1CN(c2ccc(-c3nnc[nH]3)cc2)C(=O)O1. The fourth-order valence-electron chi connectivity index (χ4n) is 2.83. The number of rotatable bonds is 7. The van der Waals surface area contributed by atoms with Crippen molar-refractivity contribution >= 4 is 11.8 Å². The number of cyclic esters (lactones) is 1. The monoisotopic (exact) mass is 314 g/mol. The zero-order valence-corrected chi connectivity index (χ0v) is 13.4. The van der Waals surface area contributed by atoms with E-state index in [2.05, 4.69) is 22.1 Å². The fraction of sp³-hybridized carbons (Fsp3) is 0.471. The molecule has 2 heterocycles. The Kier molecular flexibility index (Phi) is 4.90. The molecule has 1 amide bonds. The molecule has 1 aromatic carbocycles. The zero-order valence-electron chi connectivity index (χ0n) is 13.4. The Balaban J connectivity index is 1.59. The number of hydrogen-bond acceptors (Lipinski definition) is 4. The number of amides is 1. The third-order valence-electron chi connectivity index (χ3n) is 4.12. The zero-order chi connectivity index (χ0) is 16.1. The molecule has 1 fully saturated rings. The van der Waals surface area contributed by atoms with Crippen molar-refractivity contribution in [1.29, 1.82) is 0 Å². The van der Waals surface area contributed by atoms with Gasteiger partial charge in [0, 0.05) is 11.3 Å². The maximum Gasteiger partial charge on any atom is 0.414 e. The Hall–Kier alpha value is -2.37. The van der Waals surface area contributed by atoms with Crippen molar-refractivity contribution in [2.45, 2.75) is 45.1 Å². The predicted octanol–water partition coefficient (Wildman–Crippen LogP) is 3.77. The van der Waals surface area contributed by atoms with Gasteiger partial charge in [0.15, 0.2) is 5.82 Å². The van der Waals surface area contributed by atoms with Gasteiger partial charge in [0.05, 0.1) is 6.54 Å². The van der Waals surface area contributed by atoms with Gasteiger partial charge in [0.1, 0.15) is 12.4 Å². The molecule has 6 nitrogen and oxygen atoms in total. The van der Waals surface area contributed by atoms with Crippen LogP contribution in [0.15, 0.2) is 30.6 Å². The van der Waals surface area contributed by atoms with E-state index in [1.165, 1.54) is 19.3 Å². The second kappa shape index (κ2) is 7.26. The van der Waals surface area contributed by atoms with Crippen LogP contribution in [-0.2, 0) is 4.74 Å². The number of carbonyl (C=O) groups is 1. The van der Waals surface area contributed by atoms with Gasteiger partial charge < -0.3 is 9.72 Å². The average Bonchev–Trinajstić information content (AvgIpc) is 3.22. The lowest BCUT2D eigenvalue weighted by atomic mass is 10.1. The van der Waals surface area contributed by atoms with Crippen LogP contribution in [0.1, 0.15) is 39.0 Å². The first-order valence-electron chi connectivity index (χ1n) is 8.22. The minimum absolute atomic E-state index is 0.00769. The first-order chi connectivity index (χ1) is 11.3. The van der Waals surface area contributed by atoms with E-state index in [0.717, 1.165) is 24.1 Å². The molecule has 23 heavy (non-hydrogen) atoms. The Bertz CT molecular complexity index is 625. The highest BCUT2D eigenvalue weighted by atomic mass is 16.6. The summed E-state index contributed by atoms with van der Waals surface area (Å²) < 4.78 is 5.47. The maximum absolute atomic E-state index is 12.1. The summed E-state index contributed by atoms with van der Waals surface area (Å²) >= 11 is 0. The van der Waals surface area contributed by atoms with Crippen molar-refractivity contribution in [3.05, 3.63) is 30.6 Å². The van der Waals surface area contributed by atoms with Crippen LogP contribution in [-0.4, -0.2) is 33.9 Å². The van der Waals surface area contributed by atoms with Crippen LogP contribution in [0.25, 0.3) is 11.4 Å². The number of anilines is 1. The molecule has 6 heteroatoms. The van der Waals surface area contributed by atoms with Gasteiger partial charge in [0.25, 0.3) is 0 Å². The van der Waals surface area contributed by atoms with Crippen LogP contribution in [0.3, 0.4) is 0 Å². The van der Waals surface area contributed by atoms with Crippen molar-refractivity contribution in [2.75, 3.05) is 11.4 Å². The molecule has 1 aliphatic heterocycles.